The van der Waals surface area contributed by atoms with E-state index in [0.717, 1.165) is 0 Å². The first kappa shape index (κ1) is 21.8. The van der Waals surface area contributed by atoms with E-state index in [1.165, 1.54) is 29.2 Å². The summed E-state index contributed by atoms with van der Waals surface area (Å²) in [5.41, 5.74) is -0.356. The Bertz CT molecular complexity index is 1090. The molecule has 1 aliphatic rings. The van der Waals surface area contributed by atoms with Crippen molar-refractivity contribution in [1.29, 1.82) is 0 Å². The van der Waals surface area contributed by atoms with Crippen LogP contribution in [0.25, 0.3) is 11.4 Å². The molecule has 1 fully saturated rings. The molecule has 1 saturated heterocycles. The summed E-state index contributed by atoms with van der Waals surface area (Å²) in [7, 11) is 0. The largest absolute Gasteiger partial charge is 0.490 e. The van der Waals surface area contributed by atoms with Crippen molar-refractivity contribution in [3.8, 4) is 17.1 Å². The lowest BCUT2D eigenvalue weighted by molar-refractivity contribution is -0.00851. The van der Waals surface area contributed by atoms with Crippen molar-refractivity contribution in [2.75, 3.05) is 13.2 Å². The van der Waals surface area contributed by atoms with E-state index in [9.17, 15) is 9.18 Å². The summed E-state index contributed by atoms with van der Waals surface area (Å²) in [5, 5.41) is 0. The Labute approximate surface area is 185 Å². The quantitative estimate of drug-likeness (QED) is 0.591. The van der Waals surface area contributed by atoms with Crippen molar-refractivity contribution >= 4 is 5.91 Å². The molecule has 3 heterocycles. The number of amides is 1. The molecule has 3 aromatic rings. The van der Waals surface area contributed by atoms with Gasteiger partial charge in [-0.15, -0.1) is 0 Å². The average molecular weight is 438 g/mol. The van der Waals surface area contributed by atoms with Crippen LogP contribution in [0.2, 0.25) is 0 Å². The Kier molecular flexibility index (Phi) is 6.12. The maximum Gasteiger partial charge on any atom is 0.273 e. The van der Waals surface area contributed by atoms with Gasteiger partial charge in [0.15, 0.2) is 11.5 Å². The number of aryl methyl sites for hydroxylation is 1. The lowest BCUT2D eigenvalue weighted by atomic mass is 9.90. The lowest BCUT2D eigenvalue weighted by Gasteiger charge is -2.41. The molecule has 6 nitrogen and oxygen atoms in total. The SMILES string of the molecule is Cc1ccc(-c2ncccn2)c(C(=O)N2C[C@](F)(COc3ccc(F)cc3)CC[C@H]2C)n1. The summed E-state index contributed by atoms with van der Waals surface area (Å²) in [6, 6.07) is 10.5. The molecule has 2 aromatic heterocycles. The Morgan fingerprint density at radius 3 is 2.62 bits per heavy atom. The number of nitrogens with zero attached hydrogens (tertiary/aromatic N) is 4. The molecule has 0 unspecified atom stereocenters. The number of likely N-dealkylation sites (tertiary alicyclic amines) is 1. The van der Waals surface area contributed by atoms with Gasteiger partial charge in [-0.2, -0.15) is 0 Å². The smallest absolute Gasteiger partial charge is 0.273 e. The van der Waals surface area contributed by atoms with Crippen molar-refractivity contribution in [1.82, 2.24) is 19.9 Å². The van der Waals surface area contributed by atoms with Gasteiger partial charge in [0, 0.05) is 24.1 Å². The van der Waals surface area contributed by atoms with E-state index in [2.05, 4.69) is 15.0 Å². The van der Waals surface area contributed by atoms with Gasteiger partial charge in [0.1, 0.15) is 23.9 Å². The number of rotatable bonds is 5. The predicted molar refractivity (Wildman–Crippen MR) is 115 cm³/mol. The van der Waals surface area contributed by atoms with Crippen molar-refractivity contribution < 1.29 is 18.3 Å². The van der Waals surface area contributed by atoms with E-state index in [0.29, 0.717) is 29.3 Å². The van der Waals surface area contributed by atoms with Crippen LogP contribution in [0.4, 0.5) is 8.78 Å². The van der Waals surface area contributed by atoms with E-state index >= 15 is 4.39 Å². The van der Waals surface area contributed by atoms with Crippen LogP contribution in [0, 0.1) is 12.7 Å². The Morgan fingerprint density at radius 1 is 1.19 bits per heavy atom. The number of pyridine rings is 1. The van der Waals surface area contributed by atoms with Crippen molar-refractivity contribution in [2.45, 2.75) is 38.4 Å². The third-order valence-electron chi connectivity index (χ3n) is 5.61. The molecule has 1 aliphatic heterocycles. The average Bonchev–Trinajstić information content (AvgIpc) is 2.81. The van der Waals surface area contributed by atoms with Crippen LogP contribution in [0.3, 0.4) is 0 Å². The first-order chi connectivity index (χ1) is 15.3. The number of ether oxygens (including phenoxy) is 1. The van der Waals surface area contributed by atoms with Crippen molar-refractivity contribution in [2.24, 2.45) is 0 Å². The highest BCUT2D eigenvalue weighted by Crippen LogP contribution is 2.32. The van der Waals surface area contributed by atoms with Gasteiger partial charge < -0.3 is 9.64 Å². The monoisotopic (exact) mass is 438 g/mol. The molecule has 2 atom stereocenters. The second-order valence-corrected chi connectivity index (χ2v) is 8.14. The fourth-order valence-corrected chi connectivity index (χ4v) is 3.77. The highest BCUT2D eigenvalue weighted by molar-refractivity contribution is 5.98. The number of hydrogen-bond donors (Lipinski definition) is 0. The predicted octanol–water partition coefficient (Wildman–Crippen LogP) is 4.40. The molecule has 0 bridgehead atoms. The number of carbonyl (C=O) groups is 1. The molecule has 8 heteroatoms. The fourth-order valence-electron chi connectivity index (χ4n) is 3.77. The van der Waals surface area contributed by atoms with Crippen LogP contribution in [0.15, 0.2) is 54.9 Å². The summed E-state index contributed by atoms with van der Waals surface area (Å²) in [5.74, 6) is 0.00884. The van der Waals surface area contributed by atoms with Crippen LogP contribution in [-0.2, 0) is 0 Å². The lowest BCUT2D eigenvalue weighted by Crippen LogP contribution is -2.54. The number of carbonyl (C=O) groups excluding carboxylic acids is 1. The van der Waals surface area contributed by atoms with Crippen LogP contribution in [-0.4, -0.2) is 50.6 Å². The standard InChI is InChI=1S/C24H24F2N4O2/c1-16-4-9-20(22-27-12-3-13-28-22)21(29-16)23(31)30-14-24(26,11-10-17(30)2)15-32-19-7-5-18(25)6-8-19/h3-9,12-13,17H,10-11,14-15H2,1-2H3/t17-,24+/m1/s1. The van der Waals surface area contributed by atoms with Crippen LogP contribution in [0.5, 0.6) is 5.75 Å². The van der Waals surface area contributed by atoms with E-state index in [1.54, 1.807) is 37.5 Å². The minimum atomic E-state index is -1.73. The zero-order chi connectivity index (χ0) is 22.7. The number of halogens is 2. The van der Waals surface area contributed by atoms with Gasteiger partial charge in [0.25, 0.3) is 5.91 Å². The molecule has 0 N–H and O–H groups in total. The molecule has 0 radical (unpaired) electrons. The van der Waals surface area contributed by atoms with E-state index in [4.69, 9.17) is 4.74 Å². The minimum Gasteiger partial charge on any atom is -0.490 e. The maximum atomic E-state index is 15.7. The highest BCUT2D eigenvalue weighted by Gasteiger charge is 2.42. The molecule has 1 amide bonds. The number of benzene rings is 1. The second-order valence-electron chi connectivity index (χ2n) is 8.14. The van der Waals surface area contributed by atoms with E-state index in [-0.39, 0.29) is 43.0 Å². The van der Waals surface area contributed by atoms with Crippen LogP contribution in [0.1, 0.15) is 35.9 Å². The molecule has 0 aliphatic carbocycles. The topological polar surface area (TPSA) is 68.2 Å². The maximum absolute atomic E-state index is 15.7. The summed E-state index contributed by atoms with van der Waals surface area (Å²) in [6.45, 7) is 3.33. The normalized spacial score (nSPS) is 20.8. The molecular weight excluding hydrogens is 414 g/mol. The second kappa shape index (κ2) is 8.98. The van der Waals surface area contributed by atoms with E-state index < -0.39 is 5.67 Å². The molecule has 4 rings (SSSR count). The third-order valence-corrected chi connectivity index (χ3v) is 5.61. The van der Waals surface area contributed by atoms with Crippen LogP contribution >= 0.6 is 0 Å². The van der Waals surface area contributed by atoms with Crippen LogP contribution < -0.4 is 4.74 Å². The molecule has 32 heavy (non-hydrogen) atoms. The van der Waals surface area contributed by atoms with Gasteiger partial charge in [-0.25, -0.2) is 23.7 Å². The molecule has 166 valence electrons. The van der Waals surface area contributed by atoms with Gasteiger partial charge >= 0.3 is 0 Å². The number of piperidine rings is 1. The van der Waals surface area contributed by atoms with E-state index in [1.807, 2.05) is 6.92 Å². The van der Waals surface area contributed by atoms with Gasteiger partial charge in [-0.1, -0.05) is 0 Å². The number of alkyl halides is 1. The Hall–Kier alpha value is -3.42. The summed E-state index contributed by atoms with van der Waals surface area (Å²) < 4.78 is 34.4. The summed E-state index contributed by atoms with van der Waals surface area (Å²) in [4.78, 5) is 28.0. The number of hydrogen-bond acceptors (Lipinski definition) is 5. The summed E-state index contributed by atoms with van der Waals surface area (Å²) in [6.07, 6.45) is 3.94. The Balaban J connectivity index is 1.56. The van der Waals surface area contributed by atoms with Gasteiger partial charge in [-0.05, 0) is 69.2 Å². The third kappa shape index (κ3) is 4.74. The van der Waals surface area contributed by atoms with Gasteiger partial charge in [-0.3, -0.25) is 4.79 Å². The molecule has 0 saturated carbocycles. The summed E-state index contributed by atoms with van der Waals surface area (Å²) >= 11 is 0. The fraction of sp³-hybridized carbons (Fsp3) is 0.333. The zero-order valence-electron chi connectivity index (χ0n) is 18.0. The minimum absolute atomic E-state index is 0.126. The van der Waals surface area contributed by atoms with Gasteiger partial charge in [0.05, 0.1) is 12.1 Å². The Morgan fingerprint density at radius 2 is 1.91 bits per heavy atom. The van der Waals surface area contributed by atoms with Gasteiger partial charge in [0.2, 0.25) is 0 Å². The highest BCUT2D eigenvalue weighted by atomic mass is 19.1. The first-order valence-electron chi connectivity index (χ1n) is 10.5. The first-order valence-corrected chi connectivity index (χ1v) is 10.5. The molecule has 0 spiro atoms. The number of aromatic nitrogens is 3. The molecule has 1 aromatic carbocycles. The van der Waals surface area contributed by atoms with Crippen molar-refractivity contribution in [3.63, 3.8) is 0 Å². The zero-order valence-corrected chi connectivity index (χ0v) is 18.0. The molecular formula is C24H24F2N4O2. The van der Waals surface area contributed by atoms with Crippen molar-refractivity contribution in [3.05, 3.63) is 72.1 Å².